The minimum absolute atomic E-state index is 0.0856. The molecule has 1 unspecified atom stereocenters. The quantitative estimate of drug-likeness (QED) is 0.801. The summed E-state index contributed by atoms with van der Waals surface area (Å²) in [5.74, 6) is 0.718. The number of aliphatic hydroxyl groups excluding tert-OH is 1. The van der Waals surface area contributed by atoms with Gasteiger partial charge in [0.1, 0.15) is 11.4 Å². The van der Waals surface area contributed by atoms with Crippen LogP contribution in [0.2, 0.25) is 0 Å². The molecular weight excluding hydrogens is 356 g/mol. The van der Waals surface area contributed by atoms with E-state index in [-0.39, 0.29) is 18.7 Å². The molecule has 6 heteroatoms. The summed E-state index contributed by atoms with van der Waals surface area (Å²) >= 11 is 0. The van der Waals surface area contributed by atoms with Crippen LogP contribution in [-0.2, 0) is 11.2 Å². The van der Waals surface area contributed by atoms with Crippen molar-refractivity contribution in [2.75, 3.05) is 26.8 Å². The van der Waals surface area contributed by atoms with Gasteiger partial charge in [0.25, 0.3) is 0 Å². The van der Waals surface area contributed by atoms with Crippen LogP contribution in [0.15, 0.2) is 29.8 Å². The molecule has 1 N–H and O–H groups in total. The Balaban J connectivity index is 1.90. The van der Waals surface area contributed by atoms with Gasteiger partial charge in [0, 0.05) is 24.5 Å². The fraction of sp³-hybridized carbons (Fsp3) is 0.500. The van der Waals surface area contributed by atoms with Crippen molar-refractivity contribution >= 4 is 17.0 Å². The Bertz CT molecular complexity index is 952. The van der Waals surface area contributed by atoms with Gasteiger partial charge in [0.15, 0.2) is 0 Å². The Labute approximate surface area is 165 Å². The summed E-state index contributed by atoms with van der Waals surface area (Å²) < 4.78 is 12.9. The van der Waals surface area contributed by atoms with Gasteiger partial charge in [-0.25, -0.2) is 9.36 Å². The zero-order valence-electron chi connectivity index (χ0n) is 17.0. The second-order valence-corrected chi connectivity index (χ2v) is 8.56. The van der Waals surface area contributed by atoms with E-state index < -0.39 is 5.60 Å². The molecule has 3 heterocycles. The topological polar surface area (TPSA) is 63.9 Å². The Morgan fingerprint density at radius 3 is 2.79 bits per heavy atom. The van der Waals surface area contributed by atoms with E-state index in [4.69, 9.17) is 9.47 Å². The van der Waals surface area contributed by atoms with Gasteiger partial charge in [-0.2, -0.15) is 0 Å². The Morgan fingerprint density at radius 2 is 2.11 bits per heavy atom. The smallest absolute Gasteiger partial charge is 0.419 e. The predicted molar refractivity (Wildman–Crippen MR) is 108 cm³/mol. The number of hydrogen-bond acceptors (Lipinski definition) is 5. The third-order valence-electron chi connectivity index (χ3n) is 5.54. The van der Waals surface area contributed by atoms with E-state index in [9.17, 15) is 9.90 Å². The number of nitrogens with zero attached hydrogens (tertiary/aromatic N) is 2. The normalized spacial score (nSPS) is 19.8. The third-order valence-corrected chi connectivity index (χ3v) is 5.54. The fourth-order valence-electron chi connectivity index (χ4n) is 4.35. The van der Waals surface area contributed by atoms with E-state index in [1.54, 1.807) is 11.7 Å². The van der Waals surface area contributed by atoms with Crippen molar-refractivity contribution in [1.82, 2.24) is 9.47 Å². The van der Waals surface area contributed by atoms with E-state index in [0.29, 0.717) is 0 Å². The van der Waals surface area contributed by atoms with Crippen LogP contribution in [0.25, 0.3) is 10.9 Å². The highest BCUT2D eigenvalue weighted by molar-refractivity contribution is 5.95. The van der Waals surface area contributed by atoms with Gasteiger partial charge in [0.2, 0.25) is 0 Å². The summed E-state index contributed by atoms with van der Waals surface area (Å²) in [6.45, 7) is 7.38. The molecule has 0 saturated heterocycles. The number of rotatable bonds is 2. The van der Waals surface area contributed by atoms with Gasteiger partial charge in [-0.1, -0.05) is 6.08 Å². The third kappa shape index (κ3) is 3.20. The summed E-state index contributed by atoms with van der Waals surface area (Å²) in [5, 5.41) is 10.6. The number of carbonyl (C=O) groups excluding carboxylic acids is 1. The molecule has 0 spiro atoms. The minimum Gasteiger partial charge on any atom is -0.497 e. The SMILES string of the molecule is COc1ccc2c3c(n(C(=O)OC(C)(C)C)c2c1)C1CC=C(CO)CN1CC3. The molecule has 1 atom stereocenters. The molecule has 2 aromatic rings. The number of fused-ring (bicyclic) bond motifs is 5. The molecule has 2 aliphatic rings. The first-order valence-corrected chi connectivity index (χ1v) is 9.79. The van der Waals surface area contributed by atoms with Crippen molar-refractivity contribution in [2.45, 2.75) is 45.3 Å². The highest BCUT2D eigenvalue weighted by atomic mass is 16.6. The molecular formula is C22H28N2O4. The molecule has 0 saturated carbocycles. The number of ether oxygens (including phenoxy) is 2. The van der Waals surface area contributed by atoms with Crippen LogP contribution in [-0.4, -0.2) is 53.1 Å². The van der Waals surface area contributed by atoms with Crippen molar-refractivity contribution in [2.24, 2.45) is 0 Å². The van der Waals surface area contributed by atoms with Crippen LogP contribution >= 0.6 is 0 Å². The number of methoxy groups -OCH3 is 1. The van der Waals surface area contributed by atoms with Gasteiger partial charge in [-0.05, 0) is 56.9 Å². The van der Waals surface area contributed by atoms with E-state index >= 15 is 0 Å². The number of carbonyl (C=O) groups is 1. The Kier molecular flexibility index (Phi) is 4.71. The lowest BCUT2D eigenvalue weighted by molar-refractivity contribution is 0.0525. The predicted octanol–water partition coefficient (Wildman–Crippen LogP) is 3.65. The number of hydrogen-bond donors (Lipinski definition) is 1. The molecule has 28 heavy (non-hydrogen) atoms. The second kappa shape index (κ2) is 6.94. The van der Waals surface area contributed by atoms with Gasteiger partial charge >= 0.3 is 6.09 Å². The average molecular weight is 384 g/mol. The van der Waals surface area contributed by atoms with E-state index in [0.717, 1.165) is 53.9 Å². The highest BCUT2D eigenvalue weighted by Gasteiger charge is 2.37. The molecule has 0 radical (unpaired) electrons. The molecule has 0 bridgehead atoms. The highest BCUT2D eigenvalue weighted by Crippen LogP contribution is 2.42. The molecule has 2 aliphatic heterocycles. The zero-order chi connectivity index (χ0) is 20.1. The molecule has 6 nitrogen and oxygen atoms in total. The van der Waals surface area contributed by atoms with Gasteiger partial charge in [-0.3, -0.25) is 4.90 Å². The average Bonchev–Trinajstić information content (AvgIpc) is 3.00. The summed E-state index contributed by atoms with van der Waals surface area (Å²) in [6, 6.07) is 6.00. The van der Waals surface area contributed by atoms with Crippen molar-refractivity contribution in [3.8, 4) is 5.75 Å². The van der Waals surface area contributed by atoms with Crippen LogP contribution < -0.4 is 4.74 Å². The number of aromatic nitrogens is 1. The lowest BCUT2D eigenvalue weighted by atomic mass is 9.91. The number of benzene rings is 1. The van der Waals surface area contributed by atoms with Crippen LogP contribution in [0.5, 0.6) is 5.75 Å². The first-order chi connectivity index (χ1) is 13.3. The molecule has 1 aromatic carbocycles. The van der Waals surface area contributed by atoms with Crippen LogP contribution in [0.3, 0.4) is 0 Å². The maximum atomic E-state index is 13.2. The van der Waals surface area contributed by atoms with Crippen LogP contribution in [0.4, 0.5) is 4.79 Å². The molecule has 1 aromatic heterocycles. The van der Waals surface area contributed by atoms with Crippen molar-refractivity contribution < 1.29 is 19.4 Å². The summed E-state index contributed by atoms with van der Waals surface area (Å²) in [6.07, 6.45) is 3.39. The van der Waals surface area contributed by atoms with Crippen molar-refractivity contribution in [3.63, 3.8) is 0 Å². The van der Waals surface area contributed by atoms with Crippen LogP contribution in [0.1, 0.15) is 44.5 Å². The molecule has 4 rings (SSSR count). The molecule has 0 amide bonds. The zero-order valence-corrected chi connectivity index (χ0v) is 17.0. The fourth-order valence-corrected chi connectivity index (χ4v) is 4.35. The van der Waals surface area contributed by atoms with Crippen LogP contribution in [0, 0.1) is 0 Å². The summed E-state index contributed by atoms with van der Waals surface area (Å²) in [5.41, 5.74) is 3.52. The molecule has 0 fully saturated rings. The van der Waals surface area contributed by atoms with Crippen molar-refractivity contribution in [1.29, 1.82) is 0 Å². The standard InChI is InChI=1S/C22H28N2O4/c1-22(2,3)28-21(26)24-19-11-15(27-4)6-7-16(19)17-9-10-23-12-14(13-25)5-8-18(23)20(17)24/h5-7,11,18,25H,8-10,12-13H2,1-4H3. The first kappa shape index (κ1) is 19.0. The monoisotopic (exact) mass is 384 g/mol. The van der Waals surface area contributed by atoms with Crippen molar-refractivity contribution in [3.05, 3.63) is 41.1 Å². The Morgan fingerprint density at radius 1 is 1.32 bits per heavy atom. The summed E-state index contributed by atoms with van der Waals surface area (Å²) in [4.78, 5) is 15.6. The number of aliphatic hydroxyl groups is 1. The summed E-state index contributed by atoms with van der Waals surface area (Å²) in [7, 11) is 1.63. The van der Waals surface area contributed by atoms with Gasteiger partial charge in [0.05, 0.1) is 31.0 Å². The van der Waals surface area contributed by atoms with Gasteiger partial charge in [-0.15, -0.1) is 0 Å². The van der Waals surface area contributed by atoms with Gasteiger partial charge < -0.3 is 14.6 Å². The van der Waals surface area contributed by atoms with E-state index in [1.807, 2.05) is 39.0 Å². The molecule has 0 aliphatic carbocycles. The van der Waals surface area contributed by atoms with E-state index in [1.165, 1.54) is 5.56 Å². The van der Waals surface area contributed by atoms with E-state index in [2.05, 4.69) is 11.0 Å². The Hall–Kier alpha value is -2.31. The maximum Gasteiger partial charge on any atom is 0.419 e. The first-order valence-electron chi connectivity index (χ1n) is 9.79. The maximum absolute atomic E-state index is 13.2. The second-order valence-electron chi connectivity index (χ2n) is 8.56. The minimum atomic E-state index is -0.579. The largest absolute Gasteiger partial charge is 0.497 e. The lowest BCUT2D eigenvalue weighted by Crippen LogP contribution is -2.41. The molecule has 150 valence electrons. The lowest BCUT2D eigenvalue weighted by Gasteiger charge is -2.39.